The minimum atomic E-state index is -0.289. The van der Waals surface area contributed by atoms with Crippen molar-refractivity contribution in [2.75, 3.05) is 0 Å². The van der Waals surface area contributed by atoms with Crippen molar-refractivity contribution in [3.05, 3.63) is 0 Å². The zero-order valence-electron chi connectivity index (χ0n) is 13.6. The number of hydrogen-bond acceptors (Lipinski definition) is 2. The minimum absolute atomic E-state index is 0.0816. The SMILES string of the molecule is CCCCCCCCC(=O)C1CC(C)(C)OC1(C)C. The van der Waals surface area contributed by atoms with Crippen molar-refractivity contribution in [3.63, 3.8) is 0 Å². The van der Waals surface area contributed by atoms with Crippen LogP contribution < -0.4 is 0 Å². The van der Waals surface area contributed by atoms with Crippen molar-refractivity contribution in [1.82, 2.24) is 0 Å². The van der Waals surface area contributed by atoms with Crippen molar-refractivity contribution in [2.45, 2.75) is 97.2 Å². The van der Waals surface area contributed by atoms with E-state index in [1.54, 1.807) is 0 Å². The molecule has 1 heterocycles. The summed E-state index contributed by atoms with van der Waals surface area (Å²) < 4.78 is 6.01. The Balaban J connectivity index is 2.30. The van der Waals surface area contributed by atoms with Gasteiger partial charge >= 0.3 is 0 Å². The summed E-state index contributed by atoms with van der Waals surface area (Å²) in [7, 11) is 0. The van der Waals surface area contributed by atoms with E-state index in [1.165, 1.54) is 32.1 Å². The molecule has 2 heteroatoms. The molecule has 19 heavy (non-hydrogen) atoms. The molecule has 1 atom stereocenters. The van der Waals surface area contributed by atoms with E-state index < -0.39 is 0 Å². The van der Waals surface area contributed by atoms with Crippen LogP contribution in [-0.2, 0) is 9.53 Å². The highest BCUT2D eigenvalue weighted by Gasteiger charge is 2.48. The molecule has 1 aliphatic rings. The lowest BCUT2D eigenvalue weighted by Gasteiger charge is -2.26. The maximum absolute atomic E-state index is 12.4. The van der Waals surface area contributed by atoms with Crippen molar-refractivity contribution in [3.8, 4) is 0 Å². The average Bonchev–Trinajstić information content (AvgIpc) is 2.51. The fourth-order valence-corrected chi connectivity index (χ4v) is 3.32. The van der Waals surface area contributed by atoms with Crippen LogP contribution in [0.2, 0.25) is 0 Å². The molecule has 0 saturated carbocycles. The van der Waals surface area contributed by atoms with Gasteiger partial charge in [-0.25, -0.2) is 0 Å². The standard InChI is InChI=1S/C17H32O2/c1-6-7-8-9-10-11-12-15(18)14-13-16(2,3)19-17(14,4)5/h14H,6-13H2,1-5H3. The zero-order chi connectivity index (χ0) is 14.5. The zero-order valence-corrected chi connectivity index (χ0v) is 13.6. The fourth-order valence-electron chi connectivity index (χ4n) is 3.32. The number of hydrogen-bond donors (Lipinski definition) is 0. The smallest absolute Gasteiger partial charge is 0.138 e. The van der Waals surface area contributed by atoms with Gasteiger partial charge in [0, 0.05) is 12.3 Å². The molecule has 112 valence electrons. The Hall–Kier alpha value is -0.370. The number of carbonyl (C=O) groups excluding carboxylic acids is 1. The Morgan fingerprint density at radius 2 is 1.63 bits per heavy atom. The van der Waals surface area contributed by atoms with Crippen LogP contribution >= 0.6 is 0 Å². The fraction of sp³-hybridized carbons (Fsp3) is 0.941. The van der Waals surface area contributed by atoms with Crippen LogP contribution in [0.25, 0.3) is 0 Å². The lowest BCUT2D eigenvalue weighted by atomic mass is 9.82. The second kappa shape index (κ2) is 6.88. The molecule has 0 aromatic heterocycles. The van der Waals surface area contributed by atoms with E-state index in [0.29, 0.717) is 5.78 Å². The van der Waals surface area contributed by atoms with E-state index in [9.17, 15) is 4.79 Å². The molecule has 0 amide bonds. The predicted molar refractivity (Wildman–Crippen MR) is 80.4 cm³/mol. The van der Waals surface area contributed by atoms with E-state index in [0.717, 1.165) is 19.3 Å². The van der Waals surface area contributed by atoms with E-state index in [1.807, 2.05) is 0 Å². The summed E-state index contributed by atoms with van der Waals surface area (Å²) >= 11 is 0. The van der Waals surface area contributed by atoms with Gasteiger partial charge in [-0.2, -0.15) is 0 Å². The summed E-state index contributed by atoms with van der Waals surface area (Å²) in [5.74, 6) is 0.490. The van der Waals surface area contributed by atoms with Gasteiger partial charge in [-0.1, -0.05) is 39.0 Å². The second-order valence-electron chi connectivity index (χ2n) is 7.21. The monoisotopic (exact) mass is 268 g/mol. The first kappa shape index (κ1) is 16.7. The third-order valence-electron chi connectivity index (χ3n) is 4.24. The van der Waals surface area contributed by atoms with Crippen LogP contribution in [0.4, 0.5) is 0 Å². The number of unbranched alkanes of at least 4 members (excludes halogenated alkanes) is 5. The van der Waals surface area contributed by atoms with Crippen molar-refractivity contribution in [1.29, 1.82) is 0 Å². The van der Waals surface area contributed by atoms with E-state index >= 15 is 0 Å². The van der Waals surface area contributed by atoms with Gasteiger partial charge in [0.1, 0.15) is 5.78 Å². The second-order valence-corrected chi connectivity index (χ2v) is 7.21. The van der Waals surface area contributed by atoms with Crippen molar-refractivity contribution < 1.29 is 9.53 Å². The number of carbonyl (C=O) groups is 1. The molecule has 0 aromatic carbocycles. The van der Waals surface area contributed by atoms with E-state index in [4.69, 9.17) is 4.74 Å². The largest absolute Gasteiger partial charge is 0.369 e. The quantitative estimate of drug-likeness (QED) is 0.585. The molecular formula is C17H32O2. The van der Waals surface area contributed by atoms with Crippen LogP contribution in [0.3, 0.4) is 0 Å². The predicted octanol–water partition coefficient (Wildman–Crippen LogP) is 4.90. The van der Waals surface area contributed by atoms with Gasteiger partial charge in [0.2, 0.25) is 0 Å². The van der Waals surface area contributed by atoms with Gasteiger partial charge in [-0.05, 0) is 40.5 Å². The number of rotatable bonds is 8. The van der Waals surface area contributed by atoms with Gasteiger partial charge in [0.05, 0.1) is 11.2 Å². The Labute approximate surface area is 119 Å². The summed E-state index contributed by atoms with van der Waals surface area (Å²) in [5, 5.41) is 0. The van der Waals surface area contributed by atoms with Gasteiger partial charge in [-0.15, -0.1) is 0 Å². The maximum atomic E-state index is 12.4. The summed E-state index contributed by atoms with van der Waals surface area (Å²) in [6.07, 6.45) is 9.05. The first-order chi connectivity index (χ1) is 8.78. The molecule has 1 aliphatic heterocycles. The van der Waals surface area contributed by atoms with Gasteiger partial charge in [0.15, 0.2) is 0 Å². The third-order valence-corrected chi connectivity index (χ3v) is 4.24. The molecule has 1 saturated heterocycles. The molecule has 2 nitrogen and oxygen atoms in total. The highest BCUT2D eigenvalue weighted by atomic mass is 16.5. The third kappa shape index (κ3) is 5.25. The molecule has 1 unspecified atom stereocenters. The van der Waals surface area contributed by atoms with Crippen molar-refractivity contribution >= 4 is 5.78 Å². The average molecular weight is 268 g/mol. The Morgan fingerprint density at radius 3 is 2.16 bits per heavy atom. The van der Waals surface area contributed by atoms with Crippen LogP contribution in [0.15, 0.2) is 0 Å². The molecule has 0 spiro atoms. The summed E-state index contributed by atoms with van der Waals surface area (Å²) in [6.45, 7) is 10.5. The topological polar surface area (TPSA) is 26.3 Å². The lowest BCUT2D eigenvalue weighted by molar-refractivity contribution is -0.129. The number of ether oxygens (including phenoxy) is 1. The molecule has 1 fully saturated rings. The first-order valence-electron chi connectivity index (χ1n) is 8.01. The Bertz CT molecular complexity index is 292. The van der Waals surface area contributed by atoms with E-state index in [2.05, 4.69) is 34.6 Å². The van der Waals surface area contributed by atoms with Crippen LogP contribution in [0, 0.1) is 5.92 Å². The lowest BCUT2D eigenvalue weighted by Crippen LogP contribution is -2.33. The van der Waals surface area contributed by atoms with Gasteiger partial charge in [-0.3, -0.25) is 4.79 Å². The van der Waals surface area contributed by atoms with E-state index in [-0.39, 0.29) is 17.1 Å². The van der Waals surface area contributed by atoms with Crippen LogP contribution in [0.1, 0.15) is 86.0 Å². The molecule has 0 bridgehead atoms. The maximum Gasteiger partial charge on any atom is 0.138 e. The van der Waals surface area contributed by atoms with Crippen LogP contribution in [-0.4, -0.2) is 17.0 Å². The molecular weight excluding hydrogens is 236 g/mol. The normalized spacial score (nSPS) is 24.6. The first-order valence-corrected chi connectivity index (χ1v) is 8.01. The summed E-state index contributed by atoms with van der Waals surface area (Å²) in [6, 6.07) is 0. The molecule has 1 rings (SSSR count). The van der Waals surface area contributed by atoms with Gasteiger partial charge in [0.25, 0.3) is 0 Å². The van der Waals surface area contributed by atoms with Crippen molar-refractivity contribution in [2.24, 2.45) is 5.92 Å². The Kier molecular flexibility index (Phi) is 6.04. The molecule has 0 aliphatic carbocycles. The van der Waals surface area contributed by atoms with Crippen LogP contribution in [0.5, 0.6) is 0 Å². The number of ketones is 1. The highest BCUT2D eigenvalue weighted by molar-refractivity contribution is 5.82. The summed E-state index contributed by atoms with van der Waals surface area (Å²) in [5.41, 5.74) is -0.437. The molecule has 0 N–H and O–H groups in total. The number of Topliss-reactive ketones (excluding diaryl/α,β-unsaturated/α-hetero) is 1. The van der Waals surface area contributed by atoms with Gasteiger partial charge < -0.3 is 4.74 Å². The summed E-state index contributed by atoms with van der Waals surface area (Å²) in [4.78, 5) is 12.4. The molecule has 0 aromatic rings. The molecule has 0 radical (unpaired) electrons. The minimum Gasteiger partial charge on any atom is -0.369 e. The Morgan fingerprint density at radius 1 is 1.05 bits per heavy atom. The highest BCUT2D eigenvalue weighted by Crippen LogP contribution is 2.42.